The van der Waals surface area contributed by atoms with E-state index in [1.54, 1.807) is 0 Å². The highest BCUT2D eigenvalue weighted by Crippen LogP contribution is 2.38. The zero-order valence-electron chi connectivity index (χ0n) is 10.5. The molecule has 2 rings (SSSR count). The van der Waals surface area contributed by atoms with Crippen molar-refractivity contribution in [2.24, 2.45) is 16.4 Å². The Kier molecular flexibility index (Phi) is 2.64. The molecule has 0 bridgehead atoms. The van der Waals surface area contributed by atoms with Crippen molar-refractivity contribution in [1.82, 2.24) is 5.43 Å². The van der Waals surface area contributed by atoms with E-state index in [-0.39, 0.29) is 17.4 Å². The maximum absolute atomic E-state index is 12.1. The van der Waals surface area contributed by atoms with E-state index in [0.717, 1.165) is 12.1 Å². The molecule has 3 nitrogen and oxygen atoms in total. The van der Waals surface area contributed by atoms with Gasteiger partial charge in [0.2, 0.25) is 0 Å². The topological polar surface area (TPSA) is 41.5 Å². The lowest BCUT2D eigenvalue weighted by atomic mass is 9.69. The fraction of sp³-hybridized carbons (Fsp3) is 0.692. The summed E-state index contributed by atoms with van der Waals surface area (Å²) in [5, 5.41) is 4.31. The molecular weight excluding hydrogens is 200 g/mol. The second kappa shape index (κ2) is 3.72. The molecule has 1 aliphatic carbocycles. The summed E-state index contributed by atoms with van der Waals surface area (Å²) in [6.07, 6.45) is 3.71. The minimum absolute atomic E-state index is 0.0112. The van der Waals surface area contributed by atoms with Crippen LogP contribution in [0.25, 0.3) is 0 Å². The van der Waals surface area contributed by atoms with Crippen LogP contribution in [0.1, 0.15) is 40.5 Å². The molecule has 0 radical (unpaired) electrons. The van der Waals surface area contributed by atoms with E-state index in [9.17, 15) is 4.79 Å². The molecule has 0 amide bonds. The number of hydrazone groups is 1. The first-order valence-electron chi connectivity index (χ1n) is 5.90. The molecule has 3 heteroatoms. The number of nitrogens with zero attached hydrogens (tertiary/aromatic N) is 1. The predicted octanol–water partition coefficient (Wildman–Crippen LogP) is 2.29. The Morgan fingerprint density at radius 3 is 2.81 bits per heavy atom. The fourth-order valence-electron chi connectivity index (χ4n) is 2.73. The molecule has 1 heterocycles. The molecule has 0 unspecified atom stereocenters. The van der Waals surface area contributed by atoms with E-state index in [0.29, 0.717) is 12.2 Å². The average molecular weight is 220 g/mol. The van der Waals surface area contributed by atoms with Gasteiger partial charge >= 0.3 is 0 Å². The molecule has 0 aromatic heterocycles. The Morgan fingerprint density at radius 1 is 1.50 bits per heavy atom. The Hall–Kier alpha value is -1.12. The van der Waals surface area contributed by atoms with Crippen LogP contribution in [0.5, 0.6) is 0 Å². The van der Waals surface area contributed by atoms with Crippen LogP contribution in [0.4, 0.5) is 0 Å². The van der Waals surface area contributed by atoms with Crippen molar-refractivity contribution < 1.29 is 4.79 Å². The summed E-state index contributed by atoms with van der Waals surface area (Å²) in [5.41, 5.74) is 5.35. The molecule has 0 aromatic carbocycles. The fourth-order valence-corrected chi connectivity index (χ4v) is 2.73. The van der Waals surface area contributed by atoms with E-state index < -0.39 is 0 Å². The Morgan fingerprint density at radius 2 is 2.19 bits per heavy atom. The van der Waals surface area contributed by atoms with Crippen molar-refractivity contribution in [3.63, 3.8) is 0 Å². The van der Waals surface area contributed by atoms with Gasteiger partial charge in [0.25, 0.3) is 0 Å². The molecule has 1 fully saturated rings. The minimum atomic E-state index is -0.0112. The van der Waals surface area contributed by atoms with Gasteiger partial charge in [-0.05, 0) is 31.8 Å². The largest absolute Gasteiger partial charge is 0.306 e. The van der Waals surface area contributed by atoms with Crippen molar-refractivity contribution >= 4 is 11.5 Å². The smallest absolute Gasteiger partial charge is 0.144 e. The molecule has 0 aromatic rings. The van der Waals surface area contributed by atoms with Crippen LogP contribution in [0.15, 0.2) is 16.8 Å². The van der Waals surface area contributed by atoms with Crippen molar-refractivity contribution in [3.05, 3.63) is 11.6 Å². The normalized spacial score (nSPS) is 31.5. The highest BCUT2D eigenvalue weighted by molar-refractivity contribution is 6.12. The highest BCUT2D eigenvalue weighted by atomic mass is 16.1. The lowest BCUT2D eigenvalue weighted by Crippen LogP contribution is -2.45. The van der Waals surface area contributed by atoms with Crippen LogP contribution in [0.3, 0.4) is 0 Å². The maximum Gasteiger partial charge on any atom is 0.144 e. The molecule has 1 saturated carbocycles. The third-order valence-corrected chi connectivity index (χ3v) is 3.29. The van der Waals surface area contributed by atoms with Gasteiger partial charge in [0.1, 0.15) is 5.78 Å². The van der Waals surface area contributed by atoms with E-state index in [1.165, 1.54) is 5.57 Å². The number of nitrogens with one attached hydrogen (secondary N) is 1. The van der Waals surface area contributed by atoms with Crippen molar-refractivity contribution in [2.45, 2.75) is 46.6 Å². The van der Waals surface area contributed by atoms with Crippen molar-refractivity contribution in [3.8, 4) is 0 Å². The SMILES string of the molecule is CC(C)=CC1=NN[C@@H]2CC(C)(C)CC(=O)[C@H]12. The van der Waals surface area contributed by atoms with Crippen LogP contribution in [-0.4, -0.2) is 17.5 Å². The highest BCUT2D eigenvalue weighted by Gasteiger charge is 2.45. The van der Waals surface area contributed by atoms with E-state index in [4.69, 9.17) is 0 Å². The Labute approximate surface area is 97.0 Å². The predicted molar refractivity (Wildman–Crippen MR) is 65.3 cm³/mol. The van der Waals surface area contributed by atoms with Crippen LogP contribution < -0.4 is 5.43 Å². The summed E-state index contributed by atoms with van der Waals surface area (Å²) < 4.78 is 0. The second-order valence-corrected chi connectivity index (χ2v) is 5.98. The number of carbonyl (C=O) groups excluding carboxylic acids is 1. The van der Waals surface area contributed by atoms with E-state index in [2.05, 4.69) is 24.4 Å². The monoisotopic (exact) mass is 220 g/mol. The number of hydrogen-bond acceptors (Lipinski definition) is 3. The van der Waals surface area contributed by atoms with Crippen molar-refractivity contribution in [2.75, 3.05) is 0 Å². The van der Waals surface area contributed by atoms with Crippen LogP contribution >= 0.6 is 0 Å². The van der Waals surface area contributed by atoms with Crippen LogP contribution in [-0.2, 0) is 4.79 Å². The molecule has 1 aliphatic heterocycles. The molecule has 1 N–H and O–H groups in total. The first-order valence-corrected chi connectivity index (χ1v) is 5.90. The van der Waals surface area contributed by atoms with E-state index in [1.807, 2.05) is 19.9 Å². The molecule has 0 spiro atoms. The summed E-state index contributed by atoms with van der Waals surface area (Å²) in [6.45, 7) is 8.38. The van der Waals surface area contributed by atoms with Crippen LogP contribution in [0.2, 0.25) is 0 Å². The number of fused-ring (bicyclic) bond motifs is 1. The van der Waals surface area contributed by atoms with Gasteiger partial charge in [-0.25, -0.2) is 0 Å². The standard InChI is InChI=1S/C13H20N2O/c1-8(2)5-9-12-10(15-14-9)6-13(3,4)7-11(12)16/h5,10,12,15H,6-7H2,1-4H3/t10-,12-/m1/s1. The van der Waals surface area contributed by atoms with Gasteiger partial charge in [0, 0.05) is 6.42 Å². The minimum Gasteiger partial charge on any atom is -0.306 e. The Bertz CT molecular complexity index is 375. The van der Waals surface area contributed by atoms with E-state index >= 15 is 0 Å². The molecule has 88 valence electrons. The summed E-state index contributed by atoms with van der Waals surface area (Å²) in [6, 6.07) is 0.210. The first kappa shape index (κ1) is 11.4. The molecule has 2 atom stereocenters. The number of Topliss-reactive ketones (excluding diaryl/α,β-unsaturated/α-hetero) is 1. The molecule has 0 saturated heterocycles. The number of carbonyl (C=O) groups is 1. The molecule has 16 heavy (non-hydrogen) atoms. The summed E-state index contributed by atoms with van der Waals surface area (Å²) >= 11 is 0. The third-order valence-electron chi connectivity index (χ3n) is 3.29. The summed E-state index contributed by atoms with van der Waals surface area (Å²) in [7, 11) is 0. The summed E-state index contributed by atoms with van der Waals surface area (Å²) in [5.74, 6) is 0.324. The third kappa shape index (κ3) is 2.04. The zero-order chi connectivity index (χ0) is 11.9. The quantitative estimate of drug-likeness (QED) is 0.736. The molecular formula is C13H20N2O. The number of rotatable bonds is 1. The van der Waals surface area contributed by atoms with Gasteiger partial charge in [-0.1, -0.05) is 19.4 Å². The maximum atomic E-state index is 12.1. The first-order chi connectivity index (χ1) is 7.39. The lowest BCUT2D eigenvalue weighted by molar-refractivity contribution is -0.126. The lowest BCUT2D eigenvalue weighted by Gasteiger charge is -2.35. The van der Waals surface area contributed by atoms with Gasteiger partial charge in [-0.3, -0.25) is 4.79 Å². The second-order valence-electron chi connectivity index (χ2n) is 5.98. The van der Waals surface area contributed by atoms with Gasteiger partial charge in [0.05, 0.1) is 17.7 Å². The number of ketones is 1. The van der Waals surface area contributed by atoms with Gasteiger partial charge in [0.15, 0.2) is 0 Å². The Balaban J connectivity index is 2.22. The van der Waals surface area contributed by atoms with Gasteiger partial charge in [-0.2, -0.15) is 5.10 Å². The number of hydrogen-bond donors (Lipinski definition) is 1. The molecule has 2 aliphatic rings. The zero-order valence-corrected chi connectivity index (χ0v) is 10.5. The van der Waals surface area contributed by atoms with Gasteiger partial charge < -0.3 is 5.43 Å². The average Bonchev–Trinajstić information content (AvgIpc) is 2.44. The number of allylic oxidation sites excluding steroid dienone is 2. The summed E-state index contributed by atoms with van der Waals surface area (Å²) in [4.78, 5) is 12.1. The van der Waals surface area contributed by atoms with Crippen molar-refractivity contribution in [1.29, 1.82) is 0 Å². The van der Waals surface area contributed by atoms with Gasteiger partial charge in [-0.15, -0.1) is 0 Å². The van der Waals surface area contributed by atoms with Crippen LogP contribution in [0, 0.1) is 11.3 Å².